The molecule has 0 unspecified atom stereocenters. The normalized spacial score (nSPS) is 34.2. The van der Waals surface area contributed by atoms with Crippen molar-refractivity contribution in [2.75, 3.05) is 0 Å². The molecule has 1 amide bonds. The lowest BCUT2D eigenvalue weighted by atomic mass is 9.69. The van der Waals surface area contributed by atoms with Crippen LogP contribution < -0.4 is 5.32 Å². The zero-order chi connectivity index (χ0) is 9.47. The lowest BCUT2D eigenvalue weighted by Crippen LogP contribution is -2.45. The van der Waals surface area contributed by atoms with Gasteiger partial charge >= 0.3 is 0 Å². The quantitative estimate of drug-likeness (QED) is 0.690. The summed E-state index contributed by atoms with van der Waals surface area (Å²) in [6.07, 6.45) is 3.58. The monoisotopic (exact) mass is 178 g/mol. The van der Waals surface area contributed by atoms with Crippen molar-refractivity contribution in [3.8, 4) is 6.07 Å². The van der Waals surface area contributed by atoms with E-state index in [4.69, 9.17) is 5.26 Å². The van der Waals surface area contributed by atoms with Crippen molar-refractivity contribution in [2.45, 2.75) is 38.6 Å². The topological polar surface area (TPSA) is 52.9 Å². The number of rotatable bonds is 2. The molecule has 0 aromatic heterocycles. The molecule has 2 atom stereocenters. The Morgan fingerprint density at radius 3 is 2.54 bits per heavy atom. The molecule has 0 radical (unpaired) electrons. The lowest BCUT2D eigenvalue weighted by molar-refractivity contribution is -0.131. The van der Waals surface area contributed by atoms with Crippen LogP contribution in [0, 0.1) is 22.7 Å². The number of amides is 1. The molecule has 0 aromatic carbocycles. The van der Waals surface area contributed by atoms with Crippen LogP contribution in [0.5, 0.6) is 0 Å². The van der Waals surface area contributed by atoms with Crippen LogP contribution in [0.3, 0.4) is 0 Å². The molecule has 1 N–H and O–H groups in total. The molecule has 3 heteroatoms. The first-order valence-corrected chi connectivity index (χ1v) is 4.90. The van der Waals surface area contributed by atoms with Crippen LogP contribution >= 0.6 is 0 Å². The second kappa shape index (κ2) is 2.73. The van der Waals surface area contributed by atoms with Crippen molar-refractivity contribution in [3.63, 3.8) is 0 Å². The average Bonchev–Trinajstić information content (AvgIpc) is 2.65. The summed E-state index contributed by atoms with van der Waals surface area (Å²) in [4.78, 5) is 11.6. The number of nitrogens with one attached hydrogen (secondary N) is 1. The van der Waals surface area contributed by atoms with Crippen LogP contribution in [-0.2, 0) is 4.79 Å². The van der Waals surface area contributed by atoms with E-state index in [-0.39, 0.29) is 5.91 Å². The summed E-state index contributed by atoms with van der Waals surface area (Å²) in [7, 11) is 0. The van der Waals surface area contributed by atoms with Crippen molar-refractivity contribution >= 4 is 5.91 Å². The minimum Gasteiger partial charge on any atom is -0.352 e. The second-order valence-corrected chi connectivity index (χ2v) is 4.34. The van der Waals surface area contributed by atoms with E-state index in [9.17, 15) is 4.79 Å². The van der Waals surface area contributed by atoms with E-state index < -0.39 is 5.41 Å². The Balaban J connectivity index is 1.93. The van der Waals surface area contributed by atoms with Gasteiger partial charge in [-0.05, 0) is 31.6 Å². The van der Waals surface area contributed by atoms with Gasteiger partial charge in [0.25, 0.3) is 0 Å². The minimum atomic E-state index is -0.664. The Kier molecular flexibility index (Phi) is 1.80. The fourth-order valence-electron chi connectivity index (χ4n) is 1.75. The standard InChI is InChI=1S/C10H14N2O/c1-7-5-8(7)12-9(13)10(6-11)3-2-4-10/h7-8H,2-5H2,1H3,(H,12,13)/t7-,8-/m1/s1. The Bertz CT molecular complexity index is 275. The maximum atomic E-state index is 11.6. The van der Waals surface area contributed by atoms with Gasteiger partial charge in [0, 0.05) is 6.04 Å². The van der Waals surface area contributed by atoms with Gasteiger partial charge in [-0.2, -0.15) is 5.26 Å². The third-order valence-corrected chi connectivity index (χ3v) is 3.28. The molecule has 13 heavy (non-hydrogen) atoms. The summed E-state index contributed by atoms with van der Waals surface area (Å²) >= 11 is 0. The molecule has 70 valence electrons. The van der Waals surface area contributed by atoms with Gasteiger partial charge in [-0.25, -0.2) is 0 Å². The largest absolute Gasteiger partial charge is 0.352 e. The highest BCUT2D eigenvalue weighted by Crippen LogP contribution is 2.41. The van der Waals surface area contributed by atoms with Gasteiger partial charge in [0.15, 0.2) is 0 Å². The van der Waals surface area contributed by atoms with Gasteiger partial charge < -0.3 is 5.32 Å². The molecule has 0 aromatic rings. The number of nitrogens with zero attached hydrogens (tertiary/aromatic N) is 1. The van der Waals surface area contributed by atoms with Crippen LogP contribution in [-0.4, -0.2) is 11.9 Å². The van der Waals surface area contributed by atoms with Crippen LogP contribution in [0.15, 0.2) is 0 Å². The van der Waals surface area contributed by atoms with Crippen molar-refractivity contribution in [2.24, 2.45) is 11.3 Å². The third kappa shape index (κ3) is 1.31. The van der Waals surface area contributed by atoms with E-state index in [1.54, 1.807) is 0 Å². The van der Waals surface area contributed by atoms with Crippen LogP contribution in [0.2, 0.25) is 0 Å². The smallest absolute Gasteiger partial charge is 0.240 e. The zero-order valence-electron chi connectivity index (χ0n) is 7.84. The summed E-state index contributed by atoms with van der Waals surface area (Å²) in [5.74, 6) is 0.579. The SMILES string of the molecule is C[C@@H]1C[C@H]1NC(=O)C1(C#N)CCC1. The summed E-state index contributed by atoms with van der Waals surface area (Å²) in [5.41, 5.74) is -0.664. The average molecular weight is 178 g/mol. The molecule has 2 saturated carbocycles. The van der Waals surface area contributed by atoms with Gasteiger partial charge in [0.1, 0.15) is 5.41 Å². The van der Waals surface area contributed by atoms with Crippen LogP contribution in [0.25, 0.3) is 0 Å². The Morgan fingerprint density at radius 2 is 2.23 bits per heavy atom. The van der Waals surface area contributed by atoms with Crippen molar-refractivity contribution in [1.82, 2.24) is 5.32 Å². The highest BCUT2D eigenvalue weighted by molar-refractivity contribution is 5.86. The van der Waals surface area contributed by atoms with Crippen LogP contribution in [0.4, 0.5) is 0 Å². The summed E-state index contributed by atoms with van der Waals surface area (Å²) in [6.45, 7) is 2.12. The Morgan fingerprint density at radius 1 is 1.62 bits per heavy atom. The molecule has 2 rings (SSSR count). The predicted octanol–water partition coefficient (Wildman–Crippen LogP) is 1.20. The first kappa shape index (κ1) is 8.55. The van der Waals surface area contributed by atoms with Crippen molar-refractivity contribution in [3.05, 3.63) is 0 Å². The van der Waals surface area contributed by atoms with Crippen molar-refractivity contribution < 1.29 is 4.79 Å². The predicted molar refractivity (Wildman–Crippen MR) is 47.6 cm³/mol. The number of carbonyl (C=O) groups excluding carboxylic acids is 1. The number of hydrogen-bond acceptors (Lipinski definition) is 2. The van der Waals surface area contributed by atoms with Gasteiger partial charge in [-0.3, -0.25) is 4.79 Å². The summed E-state index contributed by atoms with van der Waals surface area (Å²) < 4.78 is 0. The van der Waals surface area contributed by atoms with E-state index in [2.05, 4.69) is 18.3 Å². The maximum absolute atomic E-state index is 11.6. The minimum absolute atomic E-state index is 0.0319. The molecular weight excluding hydrogens is 164 g/mol. The van der Waals surface area contributed by atoms with E-state index in [1.165, 1.54) is 0 Å². The van der Waals surface area contributed by atoms with E-state index in [1.807, 2.05) is 0 Å². The molecule has 2 fully saturated rings. The van der Waals surface area contributed by atoms with Crippen molar-refractivity contribution in [1.29, 1.82) is 5.26 Å². The van der Waals surface area contributed by atoms with Gasteiger partial charge in [0.2, 0.25) is 5.91 Å². The molecule has 0 bridgehead atoms. The molecule has 0 aliphatic heterocycles. The molecule has 0 heterocycles. The lowest BCUT2D eigenvalue weighted by Gasteiger charge is -2.33. The molecule has 3 nitrogen and oxygen atoms in total. The zero-order valence-corrected chi connectivity index (χ0v) is 7.84. The third-order valence-electron chi connectivity index (χ3n) is 3.28. The highest BCUT2D eigenvalue weighted by Gasteiger charge is 2.47. The fraction of sp³-hybridized carbons (Fsp3) is 0.800. The number of nitriles is 1. The van der Waals surface area contributed by atoms with Crippen LogP contribution in [0.1, 0.15) is 32.6 Å². The Hall–Kier alpha value is -1.04. The van der Waals surface area contributed by atoms with Gasteiger partial charge in [-0.15, -0.1) is 0 Å². The van der Waals surface area contributed by atoms with Gasteiger partial charge in [0.05, 0.1) is 6.07 Å². The molecule has 2 aliphatic rings. The first-order valence-electron chi connectivity index (χ1n) is 4.90. The number of carbonyl (C=O) groups is 1. The Labute approximate surface area is 78.1 Å². The number of hydrogen-bond donors (Lipinski definition) is 1. The molecule has 0 spiro atoms. The molecule has 2 aliphatic carbocycles. The molecule has 0 saturated heterocycles. The molecular formula is C10H14N2O. The van der Waals surface area contributed by atoms with E-state index in [0.29, 0.717) is 12.0 Å². The maximum Gasteiger partial charge on any atom is 0.240 e. The van der Waals surface area contributed by atoms with E-state index in [0.717, 1.165) is 25.7 Å². The van der Waals surface area contributed by atoms with E-state index >= 15 is 0 Å². The highest BCUT2D eigenvalue weighted by atomic mass is 16.2. The van der Waals surface area contributed by atoms with Gasteiger partial charge in [-0.1, -0.05) is 6.92 Å². The summed E-state index contributed by atoms with van der Waals surface area (Å²) in [6, 6.07) is 2.50. The second-order valence-electron chi connectivity index (χ2n) is 4.34. The first-order chi connectivity index (χ1) is 6.18. The summed E-state index contributed by atoms with van der Waals surface area (Å²) in [5, 5.41) is 11.8. The fourth-order valence-corrected chi connectivity index (χ4v) is 1.75.